The van der Waals surface area contributed by atoms with Gasteiger partial charge in [0.25, 0.3) is 0 Å². The second-order valence-electron chi connectivity index (χ2n) is 5.16. The van der Waals surface area contributed by atoms with Gasteiger partial charge < -0.3 is 0 Å². The lowest BCUT2D eigenvalue weighted by Crippen LogP contribution is -2.27. The van der Waals surface area contributed by atoms with Crippen molar-refractivity contribution < 1.29 is 12.8 Å². The largest absolute Gasteiger partial charge is 0.243 e. The molecule has 3 nitrogen and oxygen atoms in total. The molecule has 0 atom stereocenters. The van der Waals surface area contributed by atoms with E-state index in [1.807, 2.05) is 18.4 Å². The van der Waals surface area contributed by atoms with Gasteiger partial charge in [0.15, 0.2) is 0 Å². The lowest BCUT2D eigenvalue weighted by atomic mass is 10.1. The molecule has 0 N–H and O–H groups in total. The van der Waals surface area contributed by atoms with Gasteiger partial charge in [-0.25, -0.2) is 12.8 Å². The summed E-state index contributed by atoms with van der Waals surface area (Å²) in [7, 11) is -2.08. The Balaban J connectivity index is 2.40. The zero-order chi connectivity index (χ0) is 15.8. The molecule has 114 valence electrons. The number of hydrogen-bond donors (Lipinski definition) is 0. The third kappa shape index (κ3) is 3.17. The van der Waals surface area contributed by atoms with Crippen LogP contribution in [0, 0.1) is 26.6 Å². The predicted octanol–water partition coefficient (Wildman–Crippen LogP) is 3.63. The minimum absolute atomic E-state index is 0.195. The van der Waals surface area contributed by atoms with Crippen molar-refractivity contribution in [1.82, 2.24) is 4.31 Å². The minimum Gasteiger partial charge on any atom is -0.207 e. The van der Waals surface area contributed by atoms with E-state index in [-0.39, 0.29) is 4.90 Å². The predicted molar refractivity (Wildman–Crippen MR) is 83.6 cm³/mol. The molecule has 0 aliphatic heterocycles. The van der Waals surface area contributed by atoms with E-state index in [9.17, 15) is 12.8 Å². The molecule has 0 aliphatic rings. The van der Waals surface area contributed by atoms with Crippen molar-refractivity contribution in [3.63, 3.8) is 0 Å². The topological polar surface area (TPSA) is 37.4 Å². The fourth-order valence-corrected chi connectivity index (χ4v) is 4.90. The Bertz CT molecular complexity index is 743. The van der Waals surface area contributed by atoms with Crippen LogP contribution in [-0.2, 0) is 16.6 Å². The van der Waals surface area contributed by atoms with Crippen molar-refractivity contribution in [2.24, 2.45) is 0 Å². The summed E-state index contributed by atoms with van der Waals surface area (Å²) in [5.41, 5.74) is 1.94. The van der Waals surface area contributed by atoms with E-state index in [4.69, 9.17) is 0 Å². The molecule has 0 spiro atoms. The van der Waals surface area contributed by atoms with Crippen LogP contribution in [0.15, 0.2) is 28.5 Å². The van der Waals surface area contributed by atoms with Gasteiger partial charge in [0.05, 0.1) is 4.90 Å². The minimum atomic E-state index is -3.64. The van der Waals surface area contributed by atoms with Crippen LogP contribution in [0.5, 0.6) is 0 Å². The Hall–Kier alpha value is -1.24. The lowest BCUT2D eigenvalue weighted by Gasteiger charge is -2.20. The number of hydrogen-bond acceptors (Lipinski definition) is 3. The molecule has 0 unspecified atom stereocenters. The van der Waals surface area contributed by atoms with E-state index >= 15 is 0 Å². The second kappa shape index (κ2) is 5.87. The molecule has 0 radical (unpaired) electrons. The average Bonchev–Trinajstić information content (AvgIpc) is 2.73. The highest BCUT2D eigenvalue weighted by Gasteiger charge is 2.26. The van der Waals surface area contributed by atoms with E-state index in [2.05, 4.69) is 0 Å². The Morgan fingerprint density at radius 1 is 1.14 bits per heavy atom. The number of thiophene rings is 1. The molecular formula is C15H18FNO2S2. The number of benzene rings is 1. The van der Waals surface area contributed by atoms with Crippen LogP contribution in [0.2, 0.25) is 0 Å². The summed E-state index contributed by atoms with van der Waals surface area (Å²) in [6.07, 6.45) is 0. The van der Waals surface area contributed by atoms with Gasteiger partial charge >= 0.3 is 0 Å². The summed E-state index contributed by atoms with van der Waals surface area (Å²) < 4.78 is 40.1. The van der Waals surface area contributed by atoms with Gasteiger partial charge in [-0.05, 0) is 61.0 Å². The molecule has 0 bridgehead atoms. The molecule has 0 aliphatic carbocycles. The van der Waals surface area contributed by atoms with Crippen LogP contribution >= 0.6 is 11.3 Å². The molecule has 21 heavy (non-hydrogen) atoms. The highest BCUT2D eigenvalue weighted by molar-refractivity contribution is 7.89. The molecular weight excluding hydrogens is 309 g/mol. The van der Waals surface area contributed by atoms with Crippen LogP contribution in [0.25, 0.3) is 0 Å². The van der Waals surface area contributed by atoms with E-state index in [0.717, 1.165) is 10.4 Å². The van der Waals surface area contributed by atoms with Crippen molar-refractivity contribution in [1.29, 1.82) is 0 Å². The SMILES string of the molecule is Cc1ccsc1CN(C)S(=O)(=O)c1c(C)cc(F)cc1C. The fraction of sp³-hybridized carbons (Fsp3) is 0.333. The Morgan fingerprint density at radius 2 is 1.71 bits per heavy atom. The highest BCUT2D eigenvalue weighted by Crippen LogP contribution is 2.26. The average molecular weight is 327 g/mol. The van der Waals surface area contributed by atoms with Gasteiger partial charge in [-0.2, -0.15) is 4.31 Å². The van der Waals surface area contributed by atoms with Crippen LogP contribution in [0.4, 0.5) is 4.39 Å². The summed E-state index contributed by atoms with van der Waals surface area (Å²) in [6, 6.07) is 4.48. The van der Waals surface area contributed by atoms with Crippen molar-refractivity contribution in [2.75, 3.05) is 7.05 Å². The fourth-order valence-electron chi connectivity index (χ4n) is 2.31. The van der Waals surface area contributed by atoms with Gasteiger partial charge in [0.1, 0.15) is 5.82 Å². The molecule has 0 saturated carbocycles. The van der Waals surface area contributed by atoms with Gasteiger partial charge in [-0.1, -0.05) is 0 Å². The van der Waals surface area contributed by atoms with Crippen molar-refractivity contribution in [3.05, 3.63) is 51.0 Å². The van der Waals surface area contributed by atoms with E-state index in [0.29, 0.717) is 17.7 Å². The molecule has 0 saturated heterocycles. The molecule has 6 heteroatoms. The number of rotatable bonds is 4. The van der Waals surface area contributed by atoms with Gasteiger partial charge in [0.2, 0.25) is 10.0 Å². The van der Waals surface area contributed by atoms with Gasteiger partial charge in [-0.15, -0.1) is 11.3 Å². The standard InChI is InChI=1S/C15H18FNO2S2/c1-10-5-6-20-14(10)9-17(4)21(18,19)15-11(2)7-13(16)8-12(15)3/h5-8H,9H2,1-4H3. The van der Waals surface area contributed by atoms with E-state index in [1.165, 1.54) is 27.8 Å². The summed E-state index contributed by atoms with van der Waals surface area (Å²) >= 11 is 1.53. The summed E-state index contributed by atoms with van der Waals surface area (Å²) in [5.74, 6) is -0.416. The van der Waals surface area contributed by atoms with Crippen LogP contribution in [-0.4, -0.2) is 19.8 Å². The normalized spacial score (nSPS) is 12.1. The van der Waals surface area contributed by atoms with Crippen molar-refractivity contribution in [3.8, 4) is 0 Å². The first-order valence-electron chi connectivity index (χ1n) is 6.49. The quantitative estimate of drug-likeness (QED) is 0.860. The molecule has 0 fully saturated rings. The smallest absolute Gasteiger partial charge is 0.207 e. The van der Waals surface area contributed by atoms with Gasteiger partial charge in [-0.3, -0.25) is 0 Å². The summed E-state index contributed by atoms with van der Waals surface area (Å²) in [6.45, 7) is 5.52. The van der Waals surface area contributed by atoms with Crippen LogP contribution in [0.3, 0.4) is 0 Å². The monoisotopic (exact) mass is 327 g/mol. The van der Waals surface area contributed by atoms with Crippen molar-refractivity contribution in [2.45, 2.75) is 32.2 Å². The maximum Gasteiger partial charge on any atom is 0.243 e. The molecule has 0 amide bonds. The highest BCUT2D eigenvalue weighted by atomic mass is 32.2. The zero-order valence-electron chi connectivity index (χ0n) is 12.5. The zero-order valence-corrected chi connectivity index (χ0v) is 14.1. The third-order valence-electron chi connectivity index (χ3n) is 3.43. The Labute approximate surface area is 129 Å². The maximum absolute atomic E-state index is 13.3. The molecule has 1 aromatic heterocycles. The summed E-state index contributed by atoms with van der Waals surface area (Å²) in [4.78, 5) is 1.21. The first kappa shape index (κ1) is 16.1. The molecule has 1 aromatic carbocycles. The van der Waals surface area contributed by atoms with Crippen LogP contribution < -0.4 is 0 Å². The van der Waals surface area contributed by atoms with Gasteiger partial charge in [0, 0.05) is 18.5 Å². The Morgan fingerprint density at radius 3 is 2.19 bits per heavy atom. The lowest BCUT2D eigenvalue weighted by molar-refractivity contribution is 0.468. The molecule has 2 rings (SSSR count). The number of nitrogens with zero attached hydrogens (tertiary/aromatic N) is 1. The number of halogens is 1. The Kier molecular flexibility index (Phi) is 4.51. The van der Waals surface area contributed by atoms with E-state index < -0.39 is 15.8 Å². The first-order valence-corrected chi connectivity index (χ1v) is 8.81. The number of aryl methyl sites for hydroxylation is 3. The second-order valence-corrected chi connectivity index (χ2v) is 8.14. The summed E-state index contributed by atoms with van der Waals surface area (Å²) in [5, 5.41) is 1.94. The van der Waals surface area contributed by atoms with E-state index in [1.54, 1.807) is 20.9 Å². The molecule has 2 aromatic rings. The first-order chi connectivity index (χ1) is 9.73. The number of sulfonamides is 1. The molecule has 1 heterocycles. The van der Waals surface area contributed by atoms with Crippen LogP contribution in [0.1, 0.15) is 21.6 Å². The maximum atomic E-state index is 13.3. The van der Waals surface area contributed by atoms with Crippen molar-refractivity contribution >= 4 is 21.4 Å². The third-order valence-corrected chi connectivity index (χ3v) is 6.55.